The summed E-state index contributed by atoms with van der Waals surface area (Å²) in [6, 6.07) is 20.0. The first-order valence-corrected chi connectivity index (χ1v) is 18.8. The standard InChI is InChI=1S/C43H43N5O8/c1-42(2)40(43(3,4)41(42)56-33-18-12-26(24-44)35-30(33)9-8-20-45-35)47-36(50)25-10-13-27(14-11-25)54-21-6-5-7-22-55-28-15-16-29-31(23-28)39(53)48(38(29)52)32-17-19-34(49)46-37(32)51/h8-16,18,20,23,32,40-41H,5-7,17,19,21-22H2,1-4H3,(H,47,50)(H,46,49,51)/t32?,40-,41-. The summed E-state index contributed by atoms with van der Waals surface area (Å²) in [5, 5.41) is 15.7. The number of fused-ring (bicyclic) bond motifs is 2. The Bertz CT molecular complexity index is 2260. The number of hydrogen-bond donors (Lipinski definition) is 2. The maximum Gasteiger partial charge on any atom is 0.262 e. The third-order valence-corrected chi connectivity index (χ3v) is 11.1. The zero-order valence-corrected chi connectivity index (χ0v) is 31.7. The van der Waals surface area contributed by atoms with Crippen molar-refractivity contribution >= 4 is 40.4 Å². The zero-order valence-electron chi connectivity index (χ0n) is 31.7. The maximum absolute atomic E-state index is 13.4. The first kappa shape index (κ1) is 38.0. The Kier molecular flexibility index (Phi) is 10.2. The predicted octanol–water partition coefficient (Wildman–Crippen LogP) is 5.75. The summed E-state index contributed by atoms with van der Waals surface area (Å²) in [7, 11) is 0. The van der Waals surface area contributed by atoms with Crippen LogP contribution in [0.15, 0.2) is 72.9 Å². The van der Waals surface area contributed by atoms with Crippen LogP contribution in [-0.4, -0.2) is 70.8 Å². The molecule has 7 rings (SSSR count). The summed E-state index contributed by atoms with van der Waals surface area (Å²) in [6.45, 7) is 9.21. The van der Waals surface area contributed by atoms with Crippen molar-refractivity contribution in [3.8, 4) is 23.3 Å². The van der Waals surface area contributed by atoms with Crippen LogP contribution in [0.3, 0.4) is 0 Å². The molecule has 2 aliphatic heterocycles. The monoisotopic (exact) mass is 757 g/mol. The van der Waals surface area contributed by atoms with Crippen molar-refractivity contribution in [3.05, 3.63) is 95.2 Å². The number of pyridine rings is 1. The molecule has 3 aromatic carbocycles. The van der Waals surface area contributed by atoms with Gasteiger partial charge in [-0.15, -0.1) is 0 Å². The van der Waals surface area contributed by atoms with Gasteiger partial charge in [-0.25, -0.2) is 0 Å². The van der Waals surface area contributed by atoms with E-state index >= 15 is 0 Å². The number of nitrogens with one attached hydrogen (secondary N) is 2. The molecule has 0 radical (unpaired) electrons. The highest BCUT2D eigenvalue weighted by molar-refractivity contribution is 6.23. The molecule has 1 saturated heterocycles. The van der Waals surface area contributed by atoms with Gasteiger partial charge in [0.25, 0.3) is 17.7 Å². The molecule has 2 N–H and O–H groups in total. The second-order valence-electron chi connectivity index (χ2n) is 15.6. The lowest BCUT2D eigenvalue weighted by Gasteiger charge is -2.63. The number of nitrogens with zero attached hydrogens (tertiary/aromatic N) is 3. The largest absolute Gasteiger partial charge is 0.494 e. The zero-order chi connectivity index (χ0) is 39.8. The second-order valence-corrected chi connectivity index (χ2v) is 15.6. The number of carbonyl (C=O) groups excluding carboxylic acids is 5. The highest BCUT2D eigenvalue weighted by Gasteiger charge is 2.64. The average Bonchev–Trinajstić information content (AvgIpc) is 3.43. The minimum absolute atomic E-state index is 0.0609. The van der Waals surface area contributed by atoms with Gasteiger partial charge in [-0.3, -0.25) is 39.2 Å². The van der Waals surface area contributed by atoms with E-state index in [4.69, 9.17) is 14.2 Å². The van der Waals surface area contributed by atoms with Crippen molar-refractivity contribution < 1.29 is 38.2 Å². The highest BCUT2D eigenvalue weighted by Crippen LogP contribution is 2.56. The van der Waals surface area contributed by atoms with Crippen LogP contribution in [0.4, 0.5) is 0 Å². The van der Waals surface area contributed by atoms with E-state index in [1.54, 1.807) is 42.6 Å². The van der Waals surface area contributed by atoms with Gasteiger partial charge in [0.1, 0.15) is 35.5 Å². The predicted molar refractivity (Wildman–Crippen MR) is 204 cm³/mol. The third-order valence-electron chi connectivity index (χ3n) is 11.1. The lowest BCUT2D eigenvalue weighted by atomic mass is 9.49. The summed E-state index contributed by atoms with van der Waals surface area (Å²) < 4.78 is 18.4. The molecule has 3 aliphatic rings. The van der Waals surface area contributed by atoms with Crippen molar-refractivity contribution in [2.24, 2.45) is 10.8 Å². The molecule has 288 valence electrons. The molecule has 3 heterocycles. The van der Waals surface area contributed by atoms with Crippen molar-refractivity contribution in [2.75, 3.05) is 13.2 Å². The number of ether oxygens (including phenoxy) is 3. The molecule has 1 aliphatic carbocycles. The molecule has 1 aromatic heterocycles. The molecule has 13 heteroatoms. The number of carbonyl (C=O) groups is 5. The molecule has 2 fully saturated rings. The molecule has 13 nitrogen and oxygen atoms in total. The molecule has 56 heavy (non-hydrogen) atoms. The van der Waals surface area contributed by atoms with Gasteiger partial charge in [-0.05, 0) is 92.4 Å². The molecule has 1 atom stereocenters. The van der Waals surface area contributed by atoms with E-state index in [9.17, 15) is 29.2 Å². The van der Waals surface area contributed by atoms with Crippen molar-refractivity contribution in [3.63, 3.8) is 0 Å². The average molecular weight is 758 g/mol. The minimum Gasteiger partial charge on any atom is -0.494 e. The number of amides is 5. The molecule has 1 saturated carbocycles. The number of unbranched alkanes of at least 4 members (excludes halogenated alkanes) is 2. The van der Waals surface area contributed by atoms with E-state index in [0.29, 0.717) is 47.1 Å². The quantitative estimate of drug-likeness (QED) is 0.126. The van der Waals surface area contributed by atoms with Crippen LogP contribution in [0, 0.1) is 22.2 Å². The third kappa shape index (κ3) is 7.03. The van der Waals surface area contributed by atoms with Gasteiger partial charge in [0.05, 0.1) is 35.4 Å². The Hall–Kier alpha value is -6.29. The summed E-state index contributed by atoms with van der Waals surface area (Å²) in [5.41, 5.74) is 1.21. The lowest BCUT2D eigenvalue weighted by Crippen LogP contribution is -2.74. The Morgan fingerprint density at radius 1 is 0.893 bits per heavy atom. The van der Waals surface area contributed by atoms with E-state index in [-0.39, 0.29) is 42.0 Å². The number of aromatic nitrogens is 1. The van der Waals surface area contributed by atoms with Crippen molar-refractivity contribution in [1.82, 2.24) is 20.5 Å². The van der Waals surface area contributed by atoms with Crippen LogP contribution in [0.1, 0.15) is 96.4 Å². The van der Waals surface area contributed by atoms with Gasteiger partial charge in [-0.2, -0.15) is 5.26 Å². The Morgan fingerprint density at radius 3 is 2.27 bits per heavy atom. The van der Waals surface area contributed by atoms with E-state index in [1.165, 1.54) is 12.1 Å². The van der Waals surface area contributed by atoms with Gasteiger partial charge in [0.15, 0.2) is 0 Å². The summed E-state index contributed by atoms with van der Waals surface area (Å²) in [6.07, 6.45) is 3.93. The number of imide groups is 2. The fourth-order valence-corrected chi connectivity index (χ4v) is 8.48. The Morgan fingerprint density at radius 2 is 1.57 bits per heavy atom. The number of nitriles is 1. The molecule has 5 amide bonds. The first-order valence-electron chi connectivity index (χ1n) is 18.8. The fraction of sp³-hybridized carbons (Fsp3) is 0.372. The van der Waals surface area contributed by atoms with E-state index in [0.717, 1.165) is 29.5 Å². The summed E-state index contributed by atoms with van der Waals surface area (Å²) in [5.74, 6) is -0.621. The molecular weight excluding hydrogens is 714 g/mol. The van der Waals surface area contributed by atoms with Crippen LogP contribution < -0.4 is 24.8 Å². The van der Waals surface area contributed by atoms with Crippen LogP contribution in [0.2, 0.25) is 0 Å². The molecule has 0 spiro atoms. The van der Waals surface area contributed by atoms with E-state index < -0.39 is 40.5 Å². The summed E-state index contributed by atoms with van der Waals surface area (Å²) >= 11 is 0. The van der Waals surface area contributed by atoms with Gasteiger partial charge in [-0.1, -0.05) is 27.7 Å². The highest BCUT2D eigenvalue weighted by atomic mass is 16.5. The lowest BCUT2D eigenvalue weighted by molar-refractivity contribution is -0.163. The number of piperidine rings is 1. The van der Waals surface area contributed by atoms with Crippen LogP contribution >= 0.6 is 0 Å². The SMILES string of the molecule is CC1(C)[C@H](NC(=O)c2ccc(OCCCCCOc3ccc4c(c3)C(=O)N(C3CCC(=O)NC3=O)C4=O)cc2)C(C)(C)[C@H]1Oc1ccc(C#N)c2ncccc12. The van der Waals surface area contributed by atoms with Crippen LogP contribution in [-0.2, 0) is 9.59 Å². The molecular formula is C43H43N5O8. The van der Waals surface area contributed by atoms with Gasteiger partial charge in [0, 0.05) is 40.4 Å². The maximum atomic E-state index is 13.4. The van der Waals surface area contributed by atoms with E-state index in [2.05, 4.69) is 49.4 Å². The van der Waals surface area contributed by atoms with Crippen LogP contribution in [0.5, 0.6) is 17.2 Å². The first-order chi connectivity index (χ1) is 26.8. The van der Waals surface area contributed by atoms with Gasteiger partial charge in [0.2, 0.25) is 11.8 Å². The van der Waals surface area contributed by atoms with Crippen molar-refractivity contribution in [1.29, 1.82) is 5.26 Å². The van der Waals surface area contributed by atoms with Crippen molar-refractivity contribution in [2.45, 2.75) is 78.0 Å². The summed E-state index contributed by atoms with van der Waals surface area (Å²) in [4.78, 5) is 68.5. The number of hydrogen-bond acceptors (Lipinski definition) is 10. The van der Waals surface area contributed by atoms with Gasteiger partial charge >= 0.3 is 0 Å². The Balaban J connectivity index is 0.841. The second kappa shape index (κ2) is 15.1. The molecule has 1 unspecified atom stereocenters. The van der Waals surface area contributed by atoms with E-state index in [1.807, 2.05) is 18.2 Å². The smallest absolute Gasteiger partial charge is 0.262 e. The number of benzene rings is 3. The van der Waals surface area contributed by atoms with Crippen LogP contribution in [0.25, 0.3) is 10.9 Å². The fourth-order valence-electron chi connectivity index (χ4n) is 8.48. The Labute approximate surface area is 324 Å². The molecule has 0 bridgehead atoms. The normalized spacial score (nSPS) is 20.8. The van der Waals surface area contributed by atoms with Gasteiger partial charge < -0.3 is 19.5 Å². The number of rotatable bonds is 13. The molecule has 4 aromatic rings. The topological polar surface area (TPSA) is 177 Å². The minimum atomic E-state index is -1.01.